The number of hydrogen-bond acceptors (Lipinski definition) is 4. The number of benzene rings is 2. The third-order valence-corrected chi connectivity index (χ3v) is 6.21. The van der Waals surface area contributed by atoms with Crippen LogP contribution in [0.5, 0.6) is 0 Å². The lowest BCUT2D eigenvalue weighted by Gasteiger charge is -2.32. The van der Waals surface area contributed by atoms with Crippen LogP contribution in [0.25, 0.3) is 0 Å². The number of hydrogen-bond donors (Lipinski definition) is 2. The maximum Gasteiger partial charge on any atom is 0.408 e. The Labute approximate surface area is 222 Å². The van der Waals surface area contributed by atoms with Gasteiger partial charge in [0.05, 0.1) is 0 Å². The number of likely N-dealkylation sites (N-methyl/N-ethyl adjacent to an activating group) is 1. The van der Waals surface area contributed by atoms with E-state index in [1.54, 1.807) is 27.8 Å². The summed E-state index contributed by atoms with van der Waals surface area (Å²) in [5, 5.41) is 5.81. The van der Waals surface area contributed by atoms with Crippen molar-refractivity contribution in [1.29, 1.82) is 0 Å². The summed E-state index contributed by atoms with van der Waals surface area (Å²) in [7, 11) is 1.61. The Hall–Kier alpha value is -3.35. The number of carbonyl (C=O) groups excluding carboxylic acids is 3. The van der Waals surface area contributed by atoms with E-state index in [1.807, 2.05) is 69.3 Å². The fraction of sp³-hybridized carbons (Fsp3) is 0.500. The zero-order valence-corrected chi connectivity index (χ0v) is 23.6. The number of nitrogens with zero attached hydrogens (tertiary/aromatic N) is 1. The third-order valence-electron chi connectivity index (χ3n) is 6.21. The number of nitrogens with one attached hydrogen (secondary N) is 2. The molecule has 0 fully saturated rings. The number of carbonyl (C=O) groups is 3. The van der Waals surface area contributed by atoms with Crippen LogP contribution in [0.2, 0.25) is 0 Å². The number of ether oxygens (including phenoxy) is 1. The van der Waals surface area contributed by atoms with Crippen molar-refractivity contribution < 1.29 is 19.1 Å². The maximum absolute atomic E-state index is 13.9. The van der Waals surface area contributed by atoms with Crippen LogP contribution in [0.3, 0.4) is 0 Å². The highest BCUT2D eigenvalue weighted by molar-refractivity contribution is 5.92. The molecule has 0 saturated heterocycles. The Balaban J connectivity index is 2.42. The first-order chi connectivity index (χ1) is 17.3. The molecule has 3 atom stereocenters. The first-order valence-electron chi connectivity index (χ1n) is 13.0. The Kier molecular flexibility index (Phi) is 10.7. The van der Waals surface area contributed by atoms with E-state index in [-0.39, 0.29) is 24.3 Å². The molecule has 0 heterocycles. The summed E-state index contributed by atoms with van der Waals surface area (Å²) in [4.78, 5) is 41.6. The van der Waals surface area contributed by atoms with E-state index in [2.05, 4.69) is 17.6 Å². The van der Waals surface area contributed by atoms with Gasteiger partial charge in [0, 0.05) is 19.5 Å². The van der Waals surface area contributed by atoms with Gasteiger partial charge in [0.1, 0.15) is 17.7 Å². The second-order valence-corrected chi connectivity index (χ2v) is 10.8. The quantitative estimate of drug-likeness (QED) is 0.458. The lowest BCUT2D eigenvalue weighted by molar-refractivity contribution is -0.141. The second-order valence-electron chi connectivity index (χ2n) is 10.8. The number of alkyl carbamates (subject to hydrolysis) is 1. The summed E-state index contributed by atoms with van der Waals surface area (Å²) in [6, 6.07) is 13.4. The largest absolute Gasteiger partial charge is 0.444 e. The molecule has 202 valence electrons. The predicted octanol–water partition coefficient (Wildman–Crippen LogP) is 5.24. The SMILES string of the molecule is CCCC(C)NC(=O)C(c1ccc(C)c(C)c1)N(C)C(=O)C(Cc1ccccc1)NC(=O)OC(C)(C)C. The first-order valence-corrected chi connectivity index (χ1v) is 13.0. The Morgan fingerprint density at radius 2 is 1.62 bits per heavy atom. The zero-order valence-electron chi connectivity index (χ0n) is 23.6. The van der Waals surface area contributed by atoms with Gasteiger partial charge in [-0.25, -0.2) is 4.79 Å². The molecule has 0 aromatic heterocycles. The Bertz CT molecular complexity index is 1060. The molecule has 2 aromatic rings. The van der Waals surface area contributed by atoms with Crippen LogP contribution in [0, 0.1) is 13.8 Å². The standard InChI is InChI=1S/C30H43N3O4/c1-9-13-22(4)31-27(34)26(24-17-16-20(2)21(3)18-24)33(8)28(35)25(19-23-14-11-10-12-15-23)32-29(36)37-30(5,6)7/h10-12,14-18,22,25-26H,9,13,19H2,1-8H3,(H,31,34)(H,32,36). The molecular formula is C30H43N3O4. The van der Waals surface area contributed by atoms with Gasteiger partial charge in [0.15, 0.2) is 0 Å². The van der Waals surface area contributed by atoms with E-state index >= 15 is 0 Å². The molecule has 0 aliphatic rings. The summed E-state index contributed by atoms with van der Waals surface area (Å²) in [5.74, 6) is -0.632. The molecule has 0 spiro atoms. The van der Waals surface area contributed by atoms with Gasteiger partial charge in [-0.1, -0.05) is 61.9 Å². The fourth-order valence-corrected chi connectivity index (χ4v) is 4.19. The van der Waals surface area contributed by atoms with Crippen LogP contribution in [0.15, 0.2) is 48.5 Å². The zero-order chi connectivity index (χ0) is 27.8. The van der Waals surface area contributed by atoms with Crippen LogP contribution in [-0.2, 0) is 20.7 Å². The topological polar surface area (TPSA) is 87.7 Å². The first kappa shape index (κ1) is 29.9. The highest BCUT2D eigenvalue weighted by Gasteiger charge is 2.34. The molecule has 37 heavy (non-hydrogen) atoms. The summed E-state index contributed by atoms with van der Waals surface area (Å²) >= 11 is 0. The molecule has 0 aliphatic heterocycles. The number of aryl methyl sites for hydroxylation is 2. The minimum atomic E-state index is -0.919. The van der Waals surface area contributed by atoms with Crippen molar-refractivity contribution in [2.75, 3.05) is 7.05 Å². The average molecular weight is 510 g/mol. The molecule has 2 rings (SSSR count). The molecule has 3 unspecified atom stereocenters. The predicted molar refractivity (Wildman–Crippen MR) is 147 cm³/mol. The molecular weight excluding hydrogens is 466 g/mol. The van der Waals surface area contributed by atoms with Gasteiger partial charge in [0.2, 0.25) is 11.8 Å². The molecule has 0 saturated carbocycles. The summed E-state index contributed by atoms with van der Waals surface area (Å²) in [6.07, 6.45) is 1.35. The molecule has 7 heteroatoms. The van der Waals surface area contributed by atoms with Crippen molar-refractivity contribution in [3.05, 3.63) is 70.8 Å². The van der Waals surface area contributed by atoms with E-state index in [0.717, 1.165) is 35.1 Å². The number of amides is 3. The summed E-state index contributed by atoms with van der Waals surface area (Å²) in [6.45, 7) is 13.3. The Morgan fingerprint density at radius 3 is 2.19 bits per heavy atom. The monoisotopic (exact) mass is 509 g/mol. The van der Waals surface area contributed by atoms with Crippen molar-refractivity contribution in [3.8, 4) is 0 Å². The van der Waals surface area contributed by atoms with Gasteiger partial charge in [-0.15, -0.1) is 0 Å². The summed E-state index contributed by atoms with van der Waals surface area (Å²) < 4.78 is 5.44. The van der Waals surface area contributed by atoms with Gasteiger partial charge >= 0.3 is 6.09 Å². The van der Waals surface area contributed by atoms with E-state index in [9.17, 15) is 14.4 Å². The van der Waals surface area contributed by atoms with E-state index in [4.69, 9.17) is 4.74 Å². The van der Waals surface area contributed by atoms with Gasteiger partial charge in [0.25, 0.3) is 0 Å². The van der Waals surface area contributed by atoms with Crippen molar-refractivity contribution in [2.24, 2.45) is 0 Å². The maximum atomic E-state index is 13.9. The molecule has 0 bridgehead atoms. The summed E-state index contributed by atoms with van der Waals surface area (Å²) in [5.41, 5.74) is 3.02. The van der Waals surface area contributed by atoms with E-state index < -0.39 is 23.8 Å². The van der Waals surface area contributed by atoms with Gasteiger partial charge < -0.3 is 20.3 Å². The van der Waals surface area contributed by atoms with Crippen LogP contribution in [0.4, 0.5) is 4.79 Å². The van der Waals surface area contributed by atoms with Crippen molar-refractivity contribution in [3.63, 3.8) is 0 Å². The van der Waals surface area contributed by atoms with Crippen LogP contribution in [-0.4, -0.2) is 47.5 Å². The van der Waals surface area contributed by atoms with E-state index in [0.29, 0.717) is 0 Å². The molecule has 2 N–H and O–H groups in total. The van der Waals surface area contributed by atoms with Gasteiger partial charge in [-0.3, -0.25) is 9.59 Å². The molecule has 0 radical (unpaired) electrons. The van der Waals surface area contributed by atoms with Crippen molar-refractivity contribution in [2.45, 2.75) is 91.5 Å². The molecule has 0 aliphatic carbocycles. The van der Waals surface area contributed by atoms with Crippen LogP contribution < -0.4 is 10.6 Å². The highest BCUT2D eigenvalue weighted by atomic mass is 16.6. The third kappa shape index (κ3) is 9.23. The van der Waals surface area contributed by atoms with E-state index in [1.165, 1.54) is 4.90 Å². The highest BCUT2D eigenvalue weighted by Crippen LogP contribution is 2.24. The molecule has 7 nitrogen and oxygen atoms in total. The average Bonchev–Trinajstić information content (AvgIpc) is 2.80. The fourth-order valence-electron chi connectivity index (χ4n) is 4.19. The van der Waals surface area contributed by atoms with Gasteiger partial charge in [-0.2, -0.15) is 0 Å². The lowest BCUT2D eigenvalue weighted by Crippen LogP contribution is -2.53. The number of rotatable bonds is 10. The van der Waals surface area contributed by atoms with Gasteiger partial charge in [-0.05, 0) is 70.2 Å². The smallest absolute Gasteiger partial charge is 0.408 e. The van der Waals surface area contributed by atoms with Crippen LogP contribution >= 0.6 is 0 Å². The minimum absolute atomic E-state index is 0.0324. The molecule has 3 amide bonds. The van der Waals surface area contributed by atoms with Crippen molar-refractivity contribution in [1.82, 2.24) is 15.5 Å². The van der Waals surface area contributed by atoms with Crippen LogP contribution in [0.1, 0.15) is 75.8 Å². The van der Waals surface area contributed by atoms with Crippen molar-refractivity contribution >= 4 is 17.9 Å². The lowest BCUT2D eigenvalue weighted by atomic mass is 9.97. The minimum Gasteiger partial charge on any atom is -0.444 e. The normalized spacial score (nSPS) is 13.7. The second kappa shape index (κ2) is 13.3. The Morgan fingerprint density at radius 1 is 0.973 bits per heavy atom. The molecule has 2 aromatic carbocycles.